The number of hydrogen-bond donors (Lipinski definition) is 3. The zero-order chi connectivity index (χ0) is 80.3. The second-order valence-corrected chi connectivity index (χ2v) is 31.3. The van der Waals surface area contributed by atoms with E-state index < -0.39 is 97.5 Å². The van der Waals surface area contributed by atoms with Gasteiger partial charge in [0, 0.05) is 25.7 Å². The predicted octanol–water partition coefficient (Wildman–Crippen LogP) is 25.8. The fourth-order valence-corrected chi connectivity index (χ4v) is 12.8. The molecule has 0 fully saturated rings. The van der Waals surface area contributed by atoms with Gasteiger partial charge in [0.25, 0.3) is 0 Å². The molecule has 0 saturated heterocycles. The van der Waals surface area contributed by atoms with Gasteiger partial charge in [0.15, 0.2) is 12.2 Å². The smallest absolute Gasteiger partial charge is 0.462 e. The maximum Gasteiger partial charge on any atom is 0.472 e. The Bertz CT molecular complexity index is 2650. The lowest BCUT2D eigenvalue weighted by molar-refractivity contribution is -0.161. The molecule has 0 aromatic heterocycles. The number of carbonyl (C=O) groups excluding carboxylic acids is 4. The molecule has 630 valence electrons. The number of allylic oxidation sites excluding steroid dienone is 24. The van der Waals surface area contributed by atoms with Crippen molar-refractivity contribution in [2.45, 2.75) is 367 Å². The number of unbranched alkanes of at least 4 members (excludes halogenated alkanes) is 30. The van der Waals surface area contributed by atoms with E-state index in [2.05, 4.69) is 161 Å². The molecule has 0 aliphatic rings. The molecule has 0 aliphatic heterocycles. The monoisotopic (exact) mass is 1580 g/mol. The first kappa shape index (κ1) is 105. The fourth-order valence-electron chi connectivity index (χ4n) is 11.2. The van der Waals surface area contributed by atoms with E-state index in [9.17, 15) is 43.2 Å². The van der Waals surface area contributed by atoms with Crippen molar-refractivity contribution in [2.75, 3.05) is 39.6 Å². The van der Waals surface area contributed by atoms with E-state index in [-0.39, 0.29) is 25.7 Å². The number of phosphoric ester groups is 2. The van der Waals surface area contributed by atoms with Crippen LogP contribution in [0.5, 0.6) is 0 Å². The highest BCUT2D eigenvalue weighted by atomic mass is 31.2. The van der Waals surface area contributed by atoms with Gasteiger partial charge < -0.3 is 33.8 Å². The average Bonchev–Trinajstić information content (AvgIpc) is 0.906. The molecule has 0 spiro atoms. The highest BCUT2D eigenvalue weighted by molar-refractivity contribution is 7.47. The van der Waals surface area contributed by atoms with Crippen molar-refractivity contribution in [2.24, 2.45) is 0 Å². The van der Waals surface area contributed by atoms with Gasteiger partial charge in [0.1, 0.15) is 19.3 Å². The topological polar surface area (TPSA) is 237 Å². The van der Waals surface area contributed by atoms with E-state index in [1.165, 1.54) is 77.0 Å². The van der Waals surface area contributed by atoms with Crippen LogP contribution in [0.2, 0.25) is 0 Å². The minimum Gasteiger partial charge on any atom is -0.462 e. The SMILES string of the molecule is CC/C=C\C/C=C\C/C=C\C/C=C\C/C=C\CCCC(=O)OC(COC(=O)CCCCCCCC/C=C\C/C=C\C/C=C\CCCCC)COP(=O)(O)OCC(O)COP(=O)(O)OCC(COC(=O)CCCCCCCC/C=C\C/C=C\C/C=C\CCCCC)OC(=O)CCCCCCC/C=C\CCCCCCCC. The maximum atomic E-state index is 13.1. The lowest BCUT2D eigenvalue weighted by atomic mass is 10.1. The maximum absolute atomic E-state index is 13.1. The van der Waals surface area contributed by atoms with E-state index in [4.69, 9.17) is 37.0 Å². The molecule has 17 nitrogen and oxygen atoms in total. The number of aliphatic hydroxyl groups excluding tert-OH is 1. The zero-order valence-corrected chi connectivity index (χ0v) is 70.9. The van der Waals surface area contributed by atoms with Gasteiger partial charge in [-0.1, -0.05) is 302 Å². The Balaban J connectivity index is 5.45. The molecule has 0 radical (unpaired) electrons. The Labute approximate surface area is 668 Å². The highest BCUT2D eigenvalue weighted by Crippen LogP contribution is 2.45. The molecule has 110 heavy (non-hydrogen) atoms. The quantitative estimate of drug-likeness (QED) is 0.0169. The molecule has 0 heterocycles. The summed E-state index contributed by atoms with van der Waals surface area (Å²) in [6.07, 6.45) is 95.2. The molecule has 0 saturated carbocycles. The number of hydrogen-bond acceptors (Lipinski definition) is 15. The summed E-state index contributed by atoms with van der Waals surface area (Å²) < 4.78 is 68.8. The number of phosphoric acid groups is 2. The summed E-state index contributed by atoms with van der Waals surface area (Å²) in [5, 5.41) is 10.7. The predicted molar refractivity (Wildman–Crippen MR) is 454 cm³/mol. The van der Waals surface area contributed by atoms with E-state index in [0.29, 0.717) is 32.1 Å². The molecule has 0 aromatic rings. The van der Waals surface area contributed by atoms with Crippen molar-refractivity contribution in [3.05, 3.63) is 146 Å². The molecule has 5 unspecified atom stereocenters. The van der Waals surface area contributed by atoms with Gasteiger partial charge in [0.05, 0.1) is 26.4 Å². The minimum absolute atomic E-state index is 0.00957. The van der Waals surface area contributed by atoms with E-state index in [1.807, 2.05) is 12.2 Å². The molecule has 0 rings (SSSR count). The molecular weight excluding hydrogens is 1430 g/mol. The summed E-state index contributed by atoms with van der Waals surface area (Å²) in [6.45, 7) is 4.63. The van der Waals surface area contributed by atoms with Crippen LogP contribution in [0.4, 0.5) is 0 Å². The number of rotatable bonds is 80. The zero-order valence-electron chi connectivity index (χ0n) is 69.1. The largest absolute Gasteiger partial charge is 0.472 e. The summed E-state index contributed by atoms with van der Waals surface area (Å²) >= 11 is 0. The molecule has 0 aromatic carbocycles. The molecule has 0 amide bonds. The molecule has 3 N–H and O–H groups in total. The van der Waals surface area contributed by atoms with Gasteiger partial charge in [-0.25, -0.2) is 9.13 Å². The number of aliphatic hydroxyl groups is 1. The van der Waals surface area contributed by atoms with E-state index in [1.54, 1.807) is 0 Å². The van der Waals surface area contributed by atoms with Crippen LogP contribution in [0.1, 0.15) is 349 Å². The Morgan fingerprint density at radius 2 is 0.482 bits per heavy atom. The molecule has 19 heteroatoms. The van der Waals surface area contributed by atoms with Gasteiger partial charge in [-0.05, 0) is 167 Å². The number of carbonyl (C=O) groups is 4. The van der Waals surface area contributed by atoms with E-state index in [0.717, 1.165) is 186 Å². The Morgan fingerprint density at radius 3 is 0.791 bits per heavy atom. The van der Waals surface area contributed by atoms with Crippen LogP contribution in [-0.2, 0) is 65.4 Å². The second-order valence-electron chi connectivity index (χ2n) is 28.4. The van der Waals surface area contributed by atoms with Crippen LogP contribution in [0, 0.1) is 0 Å². The molecule has 5 atom stereocenters. The van der Waals surface area contributed by atoms with Gasteiger partial charge in [0.2, 0.25) is 0 Å². The highest BCUT2D eigenvalue weighted by Gasteiger charge is 2.30. The third-order valence-corrected chi connectivity index (χ3v) is 19.7. The van der Waals surface area contributed by atoms with Gasteiger partial charge in [-0.15, -0.1) is 0 Å². The normalized spacial score (nSPS) is 14.5. The first-order chi connectivity index (χ1) is 53.7. The molecular formula is C91H154O17P2. The lowest BCUT2D eigenvalue weighted by Crippen LogP contribution is -2.30. The fraction of sp³-hybridized carbons (Fsp3) is 0.692. The van der Waals surface area contributed by atoms with E-state index >= 15 is 0 Å². The first-order valence-corrected chi connectivity index (χ1v) is 46.1. The summed E-state index contributed by atoms with van der Waals surface area (Å²) in [4.78, 5) is 73.3. The van der Waals surface area contributed by atoms with Crippen LogP contribution < -0.4 is 0 Å². The third-order valence-electron chi connectivity index (χ3n) is 17.8. The van der Waals surface area contributed by atoms with Crippen molar-refractivity contribution in [1.82, 2.24) is 0 Å². The number of ether oxygens (including phenoxy) is 4. The van der Waals surface area contributed by atoms with Crippen molar-refractivity contribution in [3.8, 4) is 0 Å². The standard InChI is InChI=1S/C91H154O17P2/c1-5-9-13-17-21-25-29-33-37-40-42-45-48-51-55-59-63-67-71-75-88(93)101-81-86(107-90(95)77-73-69-65-61-57-53-47-36-32-28-24-20-16-12-8-4)83-105-109(97,98)103-79-85(92)80-104-110(99,100)106-84-87(108-91(96)78-74-70-66-62-58-54-50-44-39-35-31-27-23-19-15-11-7-3)82-102-89(94)76-72-68-64-60-56-52-49-46-43-41-38-34-30-26-22-18-14-10-6-2/h11,15,21-23,25-27,33-39,42-43,45-47,50,54,62,66,85-87,92H,5-10,12-14,16-20,24,28-32,40-41,44,48-49,51-53,55-61,63-65,67-84H2,1-4H3,(H,97,98)(H,99,100)/b15-11-,25-21-,26-22-,27-23-,37-33-,38-34-,39-35-,45-42-,46-43-,47-36-,54-50-,66-62-. The summed E-state index contributed by atoms with van der Waals surface area (Å²) in [5.41, 5.74) is 0. The summed E-state index contributed by atoms with van der Waals surface area (Å²) in [5.74, 6) is -2.28. The summed E-state index contributed by atoms with van der Waals surface area (Å²) in [7, 11) is -10.0. The van der Waals surface area contributed by atoms with Crippen LogP contribution in [0.3, 0.4) is 0 Å². The molecule has 0 aliphatic carbocycles. The number of esters is 4. The van der Waals surface area contributed by atoms with Crippen LogP contribution in [-0.4, -0.2) is 96.7 Å². The Kier molecular flexibility index (Phi) is 78.2. The molecule has 0 bridgehead atoms. The van der Waals surface area contributed by atoms with Gasteiger partial charge >= 0.3 is 39.5 Å². The summed E-state index contributed by atoms with van der Waals surface area (Å²) in [6, 6.07) is 0. The van der Waals surface area contributed by atoms with Crippen molar-refractivity contribution in [3.63, 3.8) is 0 Å². The minimum atomic E-state index is -5.01. The van der Waals surface area contributed by atoms with Gasteiger partial charge in [-0.3, -0.25) is 37.3 Å². The lowest BCUT2D eigenvalue weighted by Gasteiger charge is -2.21. The van der Waals surface area contributed by atoms with Crippen LogP contribution in [0.15, 0.2) is 146 Å². The Morgan fingerprint density at radius 1 is 0.264 bits per heavy atom. The van der Waals surface area contributed by atoms with Gasteiger partial charge in [-0.2, -0.15) is 0 Å². The first-order valence-electron chi connectivity index (χ1n) is 43.1. The van der Waals surface area contributed by atoms with Crippen LogP contribution >= 0.6 is 15.6 Å². The van der Waals surface area contributed by atoms with Crippen molar-refractivity contribution in [1.29, 1.82) is 0 Å². The van der Waals surface area contributed by atoms with Crippen LogP contribution in [0.25, 0.3) is 0 Å². The third kappa shape index (κ3) is 81.0. The van der Waals surface area contributed by atoms with Crippen molar-refractivity contribution < 1.29 is 80.2 Å². The van der Waals surface area contributed by atoms with Crippen molar-refractivity contribution >= 4 is 39.5 Å². The average molecular weight is 1580 g/mol. The second kappa shape index (κ2) is 81.9. The Hall–Kier alpha value is -5.06.